The maximum atomic E-state index is 2.50. The van der Waals surface area contributed by atoms with E-state index in [4.69, 9.17) is 0 Å². The van der Waals surface area contributed by atoms with Crippen LogP contribution in [0.1, 0.15) is 22.3 Å². The van der Waals surface area contributed by atoms with Gasteiger partial charge in [0.1, 0.15) is 0 Å². The Morgan fingerprint density at radius 3 is 1.66 bits per heavy atom. The molecule has 10 aromatic carbocycles. The summed E-state index contributed by atoms with van der Waals surface area (Å²) in [5, 5.41) is 5.09. The van der Waals surface area contributed by atoms with Gasteiger partial charge in [0.2, 0.25) is 0 Å². The van der Waals surface area contributed by atoms with Gasteiger partial charge in [0.05, 0.1) is 11.1 Å². The van der Waals surface area contributed by atoms with E-state index >= 15 is 0 Å². The molecular weight excluding hydrogens is 755 g/mol. The fourth-order valence-electron chi connectivity index (χ4n) is 10.7. The summed E-state index contributed by atoms with van der Waals surface area (Å²) in [7, 11) is 0. The second-order valence-electron chi connectivity index (χ2n) is 16.4. The monoisotopic (exact) mass is 791 g/mol. The highest BCUT2D eigenvalue weighted by molar-refractivity contribution is 7.26. The highest BCUT2D eigenvalue weighted by Crippen LogP contribution is 2.63. The Morgan fingerprint density at radius 1 is 0.328 bits per heavy atom. The third-order valence-corrected chi connectivity index (χ3v) is 14.5. The first-order valence-electron chi connectivity index (χ1n) is 21.1. The molecule has 61 heavy (non-hydrogen) atoms. The molecule has 0 saturated carbocycles. The Kier molecular flexibility index (Phi) is 7.46. The second-order valence-corrected chi connectivity index (χ2v) is 17.4. The zero-order valence-corrected chi connectivity index (χ0v) is 34.0. The Bertz CT molecular complexity index is 3510. The molecule has 13 rings (SSSR count). The molecule has 0 fully saturated rings. The molecule has 0 N–H and O–H groups in total. The quantitative estimate of drug-likeness (QED) is 0.168. The molecule has 0 unspecified atom stereocenters. The van der Waals surface area contributed by atoms with Crippen LogP contribution in [0.15, 0.2) is 224 Å². The Morgan fingerprint density at radius 2 is 0.885 bits per heavy atom. The number of benzene rings is 10. The maximum Gasteiger partial charge on any atom is 0.0726 e. The Hall–Kier alpha value is -7.52. The highest BCUT2D eigenvalue weighted by Gasteiger charge is 2.51. The van der Waals surface area contributed by atoms with Crippen LogP contribution in [-0.2, 0) is 5.41 Å². The minimum Gasteiger partial charge on any atom is -0.310 e. The molecule has 11 aromatic rings. The predicted molar refractivity (Wildman–Crippen MR) is 259 cm³/mol. The van der Waals surface area contributed by atoms with Gasteiger partial charge in [0.25, 0.3) is 0 Å². The van der Waals surface area contributed by atoms with Crippen molar-refractivity contribution in [3.05, 3.63) is 247 Å². The molecule has 1 heterocycles. The molecule has 1 nitrogen and oxygen atoms in total. The highest BCUT2D eigenvalue weighted by atomic mass is 32.1. The summed E-state index contributed by atoms with van der Waals surface area (Å²) in [5.74, 6) is 0. The zero-order chi connectivity index (χ0) is 40.1. The number of rotatable bonds is 5. The van der Waals surface area contributed by atoms with Crippen molar-refractivity contribution in [3.63, 3.8) is 0 Å². The zero-order valence-electron chi connectivity index (χ0n) is 33.2. The van der Waals surface area contributed by atoms with E-state index in [2.05, 4.69) is 229 Å². The van der Waals surface area contributed by atoms with Gasteiger partial charge in [-0.1, -0.05) is 182 Å². The summed E-state index contributed by atoms with van der Waals surface area (Å²) in [4.78, 5) is 2.50. The SMILES string of the molecule is c1cc(-c2cccc3c2sc2ccccc23)cc(N(c2ccc3c(c2)C2(c4ccccc4-c4ccccc42)c2ccccc2-3)c2ccccc2-c2ccc3ccccc3c2)c1. The van der Waals surface area contributed by atoms with Crippen LogP contribution < -0.4 is 4.90 Å². The predicted octanol–water partition coefficient (Wildman–Crippen LogP) is 16.4. The second kappa shape index (κ2) is 13.2. The number of hydrogen-bond donors (Lipinski definition) is 0. The van der Waals surface area contributed by atoms with Crippen molar-refractivity contribution >= 4 is 59.3 Å². The van der Waals surface area contributed by atoms with Gasteiger partial charge >= 0.3 is 0 Å². The summed E-state index contributed by atoms with van der Waals surface area (Å²) in [6.07, 6.45) is 0. The number of fused-ring (bicyclic) bond motifs is 14. The molecule has 0 saturated heterocycles. The molecule has 0 aliphatic heterocycles. The summed E-state index contributed by atoms with van der Waals surface area (Å²) in [5.41, 5.74) is 18.3. The summed E-state index contributed by atoms with van der Waals surface area (Å²) < 4.78 is 2.63. The normalized spacial score (nSPS) is 13.0. The molecule has 284 valence electrons. The van der Waals surface area contributed by atoms with Gasteiger partial charge in [-0.25, -0.2) is 0 Å². The van der Waals surface area contributed by atoms with Crippen molar-refractivity contribution in [1.29, 1.82) is 0 Å². The number of hydrogen-bond acceptors (Lipinski definition) is 2. The van der Waals surface area contributed by atoms with E-state index in [1.165, 1.54) is 97.7 Å². The standard InChI is InChI=1S/C59H37NS/c1-2-16-39-35-41(32-31-38(39)15-1)44-19-6-11-29-56(44)60(42-18-13-17-40(36-42)45-24-14-25-51-50-23-7-12-30-57(50)61-58(45)51)43-33-34-49-48-22-5-10-28-54(48)59(55(49)37-43)52-26-8-3-20-46(52)47-21-4-9-27-53(47)59/h1-37H. The molecule has 0 amide bonds. The van der Waals surface area contributed by atoms with Crippen LogP contribution in [0.25, 0.3) is 75.5 Å². The topological polar surface area (TPSA) is 3.24 Å². The molecule has 0 radical (unpaired) electrons. The van der Waals surface area contributed by atoms with E-state index in [0.717, 1.165) is 17.1 Å². The number of thiophene rings is 1. The molecule has 2 aliphatic rings. The first kappa shape index (κ1) is 34.4. The van der Waals surface area contributed by atoms with Crippen LogP contribution in [0.2, 0.25) is 0 Å². The molecule has 2 aliphatic carbocycles. The van der Waals surface area contributed by atoms with Crippen molar-refractivity contribution in [2.24, 2.45) is 0 Å². The van der Waals surface area contributed by atoms with Gasteiger partial charge in [0, 0.05) is 37.1 Å². The third-order valence-electron chi connectivity index (χ3n) is 13.3. The van der Waals surface area contributed by atoms with E-state index in [1.54, 1.807) is 0 Å². The van der Waals surface area contributed by atoms with Gasteiger partial charge in [0.15, 0.2) is 0 Å². The van der Waals surface area contributed by atoms with E-state index in [1.807, 2.05) is 11.3 Å². The lowest BCUT2D eigenvalue weighted by molar-refractivity contribution is 0.793. The number of para-hydroxylation sites is 1. The van der Waals surface area contributed by atoms with Crippen LogP contribution in [-0.4, -0.2) is 0 Å². The van der Waals surface area contributed by atoms with Gasteiger partial charge < -0.3 is 4.90 Å². The van der Waals surface area contributed by atoms with Crippen molar-refractivity contribution < 1.29 is 0 Å². The van der Waals surface area contributed by atoms with Crippen LogP contribution in [0.4, 0.5) is 17.1 Å². The average Bonchev–Trinajstić information content (AvgIpc) is 3.96. The lowest BCUT2D eigenvalue weighted by Gasteiger charge is -2.33. The van der Waals surface area contributed by atoms with Crippen molar-refractivity contribution in [2.75, 3.05) is 4.90 Å². The number of nitrogens with zero attached hydrogens (tertiary/aromatic N) is 1. The van der Waals surface area contributed by atoms with Gasteiger partial charge in [-0.3, -0.25) is 0 Å². The van der Waals surface area contributed by atoms with E-state index in [0.29, 0.717) is 0 Å². The molecule has 2 heteroatoms. The van der Waals surface area contributed by atoms with Crippen LogP contribution in [0.3, 0.4) is 0 Å². The van der Waals surface area contributed by atoms with E-state index in [-0.39, 0.29) is 0 Å². The largest absolute Gasteiger partial charge is 0.310 e. The molecule has 1 spiro atoms. The first-order valence-corrected chi connectivity index (χ1v) is 21.9. The Labute approximate surface area is 359 Å². The number of anilines is 3. The van der Waals surface area contributed by atoms with Gasteiger partial charge in [-0.05, 0) is 114 Å². The summed E-state index contributed by atoms with van der Waals surface area (Å²) in [6, 6.07) is 83.6. The Balaban J connectivity index is 1.07. The van der Waals surface area contributed by atoms with Crippen molar-refractivity contribution in [1.82, 2.24) is 0 Å². The molecule has 0 bridgehead atoms. The lowest BCUT2D eigenvalue weighted by atomic mass is 9.70. The van der Waals surface area contributed by atoms with Gasteiger partial charge in [-0.15, -0.1) is 11.3 Å². The first-order chi connectivity index (χ1) is 30.3. The van der Waals surface area contributed by atoms with Crippen molar-refractivity contribution in [3.8, 4) is 44.5 Å². The summed E-state index contributed by atoms with van der Waals surface area (Å²) in [6.45, 7) is 0. The third kappa shape index (κ3) is 4.94. The average molecular weight is 792 g/mol. The van der Waals surface area contributed by atoms with Crippen LogP contribution >= 0.6 is 11.3 Å². The van der Waals surface area contributed by atoms with Crippen LogP contribution in [0, 0.1) is 0 Å². The van der Waals surface area contributed by atoms with Crippen LogP contribution in [0.5, 0.6) is 0 Å². The fraction of sp³-hybridized carbons (Fsp3) is 0.0169. The van der Waals surface area contributed by atoms with Crippen molar-refractivity contribution in [2.45, 2.75) is 5.41 Å². The molecule has 1 aromatic heterocycles. The van der Waals surface area contributed by atoms with E-state index in [9.17, 15) is 0 Å². The lowest BCUT2D eigenvalue weighted by Crippen LogP contribution is -2.26. The van der Waals surface area contributed by atoms with Gasteiger partial charge in [-0.2, -0.15) is 0 Å². The maximum absolute atomic E-state index is 2.50. The fourth-order valence-corrected chi connectivity index (χ4v) is 11.9. The smallest absolute Gasteiger partial charge is 0.0726 e. The minimum atomic E-state index is -0.447. The summed E-state index contributed by atoms with van der Waals surface area (Å²) >= 11 is 1.88. The molecule has 0 atom stereocenters. The minimum absolute atomic E-state index is 0.447. The van der Waals surface area contributed by atoms with E-state index < -0.39 is 5.41 Å². The molecular formula is C59H37NS.